The van der Waals surface area contributed by atoms with E-state index in [1.54, 1.807) is 29.2 Å². The summed E-state index contributed by atoms with van der Waals surface area (Å²) in [6, 6.07) is 16.6. The summed E-state index contributed by atoms with van der Waals surface area (Å²) in [6.07, 6.45) is 0. The highest BCUT2D eigenvalue weighted by Gasteiger charge is 2.19. The molecule has 7 nitrogen and oxygen atoms in total. The molecule has 0 spiro atoms. The second kappa shape index (κ2) is 11.0. The van der Waals surface area contributed by atoms with Gasteiger partial charge in [-0.05, 0) is 43.7 Å². The minimum atomic E-state index is -0.534. The lowest BCUT2D eigenvalue weighted by atomic mass is 10.2. The Balaban J connectivity index is 1.47. The number of esters is 1. The number of thioether (sulfide) groups is 1. The SMILES string of the molecule is CC(C)N(Cc1ccccc1)C(=O)COC(=O)CSc1nnc(-c2ccc(Cl)cc2)o1. The van der Waals surface area contributed by atoms with Crippen LogP contribution in [0.4, 0.5) is 0 Å². The summed E-state index contributed by atoms with van der Waals surface area (Å²) in [6.45, 7) is 3.99. The first-order chi connectivity index (χ1) is 14.9. The van der Waals surface area contributed by atoms with E-state index in [0.29, 0.717) is 17.5 Å². The molecule has 0 radical (unpaired) electrons. The molecule has 1 aromatic heterocycles. The van der Waals surface area contributed by atoms with Crippen LogP contribution in [0.3, 0.4) is 0 Å². The van der Waals surface area contributed by atoms with Crippen LogP contribution in [0.5, 0.6) is 0 Å². The maximum absolute atomic E-state index is 12.5. The standard InChI is InChI=1S/C22H22ClN3O4S/c1-15(2)26(12-16-6-4-3-5-7-16)19(27)13-29-20(28)14-31-22-25-24-21(30-22)17-8-10-18(23)11-9-17/h3-11,15H,12-14H2,1-2H3. The highest BCUT2D eigenvalue weighted by Crippen LogP contribution is 2.24. The van der Waals surface area contributed by atoms with Crippen molar-refractivity contribution in [3.63, 3.8) is 0 Å². The highest BCUT2D eigenvalue weighted by atomic mass is 35.5. The Bertz CT molecular complexity index is 1010. The number of carbonyl (C=O) groups is 2. The van der Waals surface area contributed by atoms with Crippen LogP contribution < -0.4 is 0 Å². The van der Waals surface area contributed by atoms with E-state index < -0.39 is 5.97 Å². The number of benzene rings is 2. The zero-order chi connectivity index (χ0) is 22.2. The number of hydrogen-bond donors (Lipinski definition) is 0. The Hall–Kier alpha value is -2.84. The van der Waals surface area contributed by atoms with E-state index in [9.17, 15) is 9.59 Å². The third-order valence-electron chi connectivity index (χ3n) is 4.31. The lowest BCUT2D eigenvalue weighted by molar-refractivity contribution is -0.151. The Kier molecular flexibility index (Phi) is 8.08. The number of ether oxygens (including phenoxy) is 1. The Labute approximate surface area is 189 Å². The molecule has 0 aliphatic rings. The van der Waals surface area contributed by atoms with E-state index in [1.807, 2.05) is 44.2 Å². The predicted octanol–water partition coefficient (Wildman–Crippen LogP) is 4.46. The maximum Gasteiger partial charge on any atom is 0.316 e. The summed E-state index contributed by atoms with van der Waals surface area (Å²) < 4.78 is 10.7. The smallest absolute Gasteiger partial charge is 0.316 e. The molecule has 3 rings (SSSR count). The van der Waals surface area contributed by atoms with Crippen molar-refractivity contribution in [1.82, 2.24) is 15.1 Å². The monoisotopic (exact) mass is 459 g/mol. The van der Waals surface area contributed by atoms with Crippen LogP contribution in [-0.4, -0.2) is 45.4 Å². The van der Waals surface area contributed by atoms with E-state index in [1.165, 1.54) is 0 Å². The Morgan fingerprint density at radius 2 is 1.81 bits per heavy atom. The molecule has 31 heavy (non-hydrogen) atoms. The van der Waals surface area contributed by atoms with Crippen LogP contribution >= 0.6 is 23.4 Å². The van der Waals surface area contributed by atoms with Crippen LogP contribution in [0.15, 0.2) is 64.2 Å². The van der Waals surface area contributed by atoms with Crippen LogP contribution in [-0.2, 0) is 20.9 Å². The lowest BCUT2D eigenvalue weighted by Gasteiger charge is -2.26. The van der Waals surface area contributed by atoms with Gasteiger partial charge in [-0.1, -0.05) is 53.7 Å². The molecule has 162 valence electrons. The lowest BCUT2D eigenvalue weighted by Crippen LogP contribution is -2.39. The van der Waals surface area contributed by atoms with Gasteiger partial charge in [0, 0.05) is 23.2 Å². The van der Waals surface area contributed by atoms with Crippen molar-refractivity contribution < 1.29 is 18.7 Å². The molecule has 1 heterocycles. The number of halogens is 1. The molecule has 2 aromatic carbocycles. The van der Waals surface area contributed by atoms with Crippen LogP contribution in [0, 0.1) is 0 Å². The van der Waals surface area contributed by atoms with Gasteiger partial charge in [0.1, 0.15) is 5.75 Å². The van der Waals surface area contributed by atoms with Gasteiger partial charge < -0.3 is 14.1 Å². The average molecular weight is 460 g/mol. The predicted molar refractivity (Wildman–Crippen MR) is 119 cm³/mol. The molecule has 0 aliphatic carbocycles. The summed E-state index contributed by atoms with van der Waals surface area (Å²) >= 11 is 6.92. The largest absolute Gasteiger partial charge is 0.455 e. The van der Waals surface area contributed by atoms with Crippen LogP contribution in [0.1, 0.15) is 19.4 Å². The van der Waals surface area contributed by atoms with Gasteiger partial charge in [-0.15, -0.1) is 10.2 Å². The molecule has 0 unspecified atom stereocenters. The molecule has 0 N–H and O–H groups in total. The zero-order valence-electron chi connectivity index (χ0n) is 17.2. The van der Waals surface area contributed by atoms with Gasteiger partial charge in [0.2, 0.25) is 5.89 Å². The van der Waals surface area contributed by atoms with Gasteiger partial charge in [-0.3, -0.25) is 9.59 Å². The zero-order valence-corrected chi connectivity index (χ0v) is 18.7. The van der Waals surface area contributed by atoms with Gasteiger partial charge in [0.05, 0.1) is 0 Å². The molecule has 0 aliphatic heterocycles. The fourth-order valence-electron chi connectivity index (χ4n) is 2.70. The first kappa shape index (κ1) is 22.8. The van der Waals surface area contributed by atoms with E-state index in [4.69, 9.17) is 20.8 Å². The number of carbonyl (C=O) groups excluding carboxylic acids is 2. The number of nitrogens with zero attached hydrogens (tertiary/aromatic N) is 3. The molecule has 0 fully saturated rings. The molecule has 3 aromatic rings. The van der Waals surface area contributed by atoms with Gasteiger partial charge in [-0.25, -0.2) is 0 Å². The maximum atomic E-state index is 12.5. The molecule has 1 amide bonds. The van der Waals surface area contributed by atoms with Crippen molar-refractivity contribution >= 4 is 35.2 Å². The van der Waals surface area contributed by atoms with E-state index in [-0.39, 0.29) is 29.5 Å². The second-order valence-electron chi connectivity index (χ2n) is 6.93. The Morgan fingerprint density at radius 3 is 2.48 bits per heavy atom. The normalized spacial score (nSPS) is 10.8. The average Bonchev–Trinajstić information content (AvgIpc) is 3.24. The minimum Gasteiger partial charge on any atom is -0.455 e. The number of amides is 1. The summed E-state index contributed by atoms with van der Waals surface area (Å²) in [7, 11) is 0. The highest BCUT2D eigenvalue weighted by molar-refractivity contribution is 7.99. The quantitative estimate of drug-likeness (QED) is 0.345. The fourth-order valence-corrected chi connectivity index (χ4v) is 3.39. The van der Waals surface area contributed by atoms with E-state index in [2.05, 4.69) is 10.2 Å². The molecular weight excluding hydrogens is 438 g/mol. The van der Waals surface area contributed by atoms with Crippen molar-refractivity contribution in [2.45, 2.75) is 31.7 Å². The van der Waals surface area contributed by atoms with Crippen molar-refractivity contribution in [1.29, 1.82) is 0 Å². The summed E-state index contributed by atoms with van der Waals surface area (Å²) in [5.74, 6) is -0.500. The minimum absolute atomic E-state index is 0.0227. The van der Waals surface area contributed by atoms with Crippen LogP contribution in [0.25, 0.3) is 11.5 Å². The van der Waals surface area contributed by atoms with Gasteiger partial charge >= 0.3 is 5.97 Å². The van der Waals surface area contributed by atoms with Gasteiger partial charge in [-0.2, -0.15) is 0 Å². The summed E-state index contributed by atoms with van der Waals surface area (Å²) in [5, 5.41) is 8.71. The third kappa shape index (κ3) is 6.83. The van der Waals surface area contributed by atoms with Gasteiger partial charge in [0.25, 0.3) is 11.1 Å². The van der Waals surface area contributed by atoms with Crippen molar-refractivity contribution in [3.05, 3.63) is 65.2 Å². The van der Waals surface area contributed by atoms with Crippen molar-refractivity contribution in [3.8, 4) is 11.5 Å². The van der Waals surface area contributed by atoms with Crippen molar-refractivity contribution in [2.75, 3.05) is 12.4 Å². The number of hydrogen-bond acceptors (Lipinski definition) is 7. The molecule has 0 atom stereocenters. The fraction of sp³-hybridized carbons (Fsp3) is 0.273. The Morgan fingerprint density at radius 1 is 1.10 bits per heavy atom. The topological polar surface area (TPSA) is 85.5 Å². The van der Waals surface area contributed by atoms with Crippen LogP contribution in [0.2, 0.25) is 5.02 Å². The number of aromatic nitrogens is 2. The molecule has 0 saturated carbocycles. The molecule has 0 saturated heterocycles. The van der Waals surface area contributed by atoms with Gasteiger partial charge in [0.15, 0.2) is 6.61 Å². The summed E-state index contributed by atoms with van der Waals surface area (Å²) in [5.41, 5.74) is 1.74. The second-order valence-corrected chi connectivity index (χ2v) is 8.29. The number of rotatable bonds is 9. The van der Waals surface area contributed by atoms with E-state index in [0.717, 1.165) is 22.9 Å². The summed E-state index contributed by atoms with van der Waals surface area (Å²) in [4.78, 5) is 26.3. The molecule has 9 heteroatoms. The molecule has 0 bridgehead atoms. The first-order valence-corrected chi connectivity index (χ1v) is 11.0. The first-order valence-electron chi connectivity index (χ1n) is 9.63. The molecular formula is C22H22ClN3O4S. The van der Waals surface area contributed by atoms with Crippen molar-refractivity contribution in [2.24, 2.45) is 0 Å². The third-order valence-corrected chi connectivity index (χ3v) is 5.35. The van der Waals surface area contributed by atoms with E-state index >= 15 is 0 Å².